The topological polar surface area (TPSA) is 745 Å². The van der Waals surface area contributed by atoms with E-state index in [0.717, 1.165) is 6.42 Å². The summed E-state index contributed by atoms with van der Waals surface area (Å²) in [6.45, 7) is 19.5. The Labute approximate surface area is 744 Å². The van der Waals surface area contributed by atoms with Crippen LogP contribution in [0.2, 0.25) is 0 Å². The first-order chi connectivity index (χ1) is 58.9. The summed E-state index contributed by atoms with van der Waals surface area (Å²) in [5, 5.41) is 126. The van der Waals surface area contributed by atoms with Crippen molar-refractivity contribution < 1.29 is 194 Å². The Morgan fingerprint density at radius 2 is 0.732 bits per heavy atom. The van der Waals surface area contributed by atoms with E-state index in [1.807, 2.05) is 27.7 Å². The molecule has 738 valence electrons. The molecule has 7 fully saturated rings. The number of nitrogens with two attached hydrogens (primary N) is 2. The molecule has 50 nitrogen and oxygen atoms in total. The molecule has 0 aromatic heterocycles. The van der Waals surface area contributed by atoms with Crippen LogP contribution >= 0.6 is 15.9 Å². The van der Waals surface area contributed by atoms with Gasteiger partial charge in [0, 0.05) is 127 Å². The lowest BCUT2D eigenvalue weighted by Gasteiger charge is -2.43. The molecule has 1 aliphatic carbocycles. The average molecular weight is 1910 g/mol. The lowest BCUT2D eigenvalue weighted by Crippen LogP contribution is -2.59. The van der Waals surface area contributed by atoms with Crippen molar-refractivity contribution in [1.82, 2.24) is 10.6 Å². The van der Waals surface area contributed by atoms with Crippen LogP contribution < -0.4 is 22.1 Å². The van der Waals surface area contributed by atoms with Gasteiger partial charge in [-0.2, -0.15) is 0 Å². The molecule has 51 heteroatoms. The van der Waals surface area contributed by atoms with E-state index in [1.54, 1.807) is 14.0 Å². The summed E-state index contributed by atoms with van der Waals surface area (Å²) in [7, 11) is 1.80. The monoisotopic (exact) mass is 1910 g/mol. The number of alkyl halides is 1. The molecule has 0 bridgehead atoms. The Hall–Kier alpha value is -6.71. The van der Waals surface area contributed by atoms with Gasteiger partial charge in [0.05, 0.1) is 71.0 Å². The highest BCUT2D eigenvalue weighted by atomic mass is 79.9. The number of halogens is 1. The van der Waals surface area contributed by atoms with Gasteiger partial charge in [0.1, 0.15) is 105 Å². The van der Waals surface area contributed by atoms with Crippen LogP contribution in [-0.4, -0.2) is 392 Å². The summed E-state index contributed by atoms with van der Waals surface area (Å²) in [5.74, 6) is -4.66. The third-order valence-corrected chi connectivity index (χ3v) is 20.5. The van der Waals surface area contributed by atoms with Gasteiger partial charge in [0.25, 0.3) is 0 Å². The zero-order chi connectivity index (χ0) is 94.7. The number of hydrogen-bond donors (Lipinski definition) is 16. The Kier molecular flexibility index (Phi) is 60.0. The Bertz CT molecular complexity index is 3300. The van der Waals surface area contributed by atoms with Crippen LogP contribution in [0.4, 0.5) is 0 Å². The van der Waals surface area contributed by atoms with Crippen molar-refractivity contribution in [2.45, 2.75) is 284 Å². The average Bonchev–Trinajstić information content (AvgIpc) is 1.20. The second-order valence-corrected chi connectivity index (χ2v) is 30.4. The zero-order valence-corrected chi connectivity index (χ0v) is 73.9. The SMILES string of the molecule is C.C.CC(=O)OCC1OC(OC(C)=O)C(OC(C)=O)C(C)C1C.CC(=O)OCC1OC(OCCBr)C(OC(C)=O)C(C)C1C.CC(=O)OCC1OC(OCCN=[N+]=[N-])C(OC(C)=O)C(C)C1OC(C)=O.CNC1CC(N)CC1C(=O)NCCO[C@@H]1OC(CO)[C@H](O)C(O)C1O.NCCOC1OC(CO)C(O)C(O)C1O.[N-]=[N+]=NCCOC1OC(CO)C(O)C(O)C1O. The fourth-order valence-corrected chi connectivity index (χ4v) is 13.5. The van der Waals surface area contributed by atoms with Crippen molar-refractivity contribution in [3.05, 3.63) is 20.9 Å². The van der Waals surface area contributed by atoms with Gasteiger partial charge in [-0.3, -0.25) is 43.2 Å². The number of hydrogen-bond acceptors (Lipinski definition) is 45. The lowest BCUT2D eigenvalue weighted by atomic mass is 9.83. The molecule has 18 N–H and O–H groups in total. The second-order valence-electron chi connectivity index (χ2n) is 29.6. The molecule has 31 unspecified atom stereocenters. The number of carbonyl (C=O) groups excluding carboxylic acids is 9. The second kappa shape index (κ2) is 63.4. The molecule has 7 aliphatic rings. The van der Waals surface area contributed by atoms with E-state index in [-0.39, 0.29) is 153 Å². The molecule has 6 heterocycles. The maximum atomic E-state index is 12.2. The molecular weight excluding hydrogens is 1770 g/mol. The van der Waals surface area contributed by atoms with E-state index >= 15 is 0 Å². The Morgan fingerprint density at radius 1 is 0.409 bits per heavy atom. The minimum atomic E-state index is -1.48. The molecule has 7 rings (SSSR count). The molecule has 1 saturated carbocycles. The van der Waals surface area contributed by atoms with Crippen LogP contribution in [0.25, 0.3) is 20.9 Å². The molecule has 127 heavy (non-hydrogen) atoms. The summed E-state index contributed by atoms with van der Waals surface area (Å²) < 4.78 is 100. The molecule has 0 radical (unpaired) electrons. The highest BCUT2D eigenvalue weighted by molar-refractivity contribution is 9.09. The maximum absolute atomic E-state index is 12.2. The van der Waals surface area contributed by atoms with E-state index in [9.17, 15) is 89.1 Å². The van der Waals surface area contributed by atoms with Crippen LogP contribution in [0.15, 0.2) is 10.2 Å². The fraction of sp³-hybridized carbons (Fsp3) is 0.882. The van der Waals surface area contributed by atoms with E-state index in [1.165, 1.54) is 55.4 Å². The van der Waals surface area contributed by atoms with E-state index in [2.05, 4.69) is 46.6 Å². The predicted molar refractivity (Wildman–Crippen MR) is 438 cm³/mol. The number of aliphatic hydroxyl groups excluding tert-OH is 12. The van der Waals surface area contributed by atoms with Crippen molar-refractivity contribution in [3.63, 3.8) is 0 Å². The van der Waals surface area contributed by atoms with Crippen LogP contribution in [0, 0.1) is 35.5 Å². The molecule has 33 atom stereocenters. The largest absolute Gasteiger partial charge is 0.463 e. The maximum Gasteiger partial charge on any atom is 0.305 e. The van der Waals surface area contributed by atoms with E-state index < -0.39 is 209 Å². The van der Waals surface area contributed by atoms with Crippen LogP contribution in [-0.2, 0) is 133 Å². The first-order valence-corrected chi connectivity index (χ1v) is 41.3. The van der Waals surface area contributed by atoms with Gasteiger partial charge in [-0.1, -0.05) is 75.6 Å². The minimum Gasteiger partial charge on any atom is -0.463 e. The number of azide groups is 2. The lowest BCUT2D eigenvalue weighted by molar-refractivity contribution is -0.300. The van der Waals surface area contributed by atoms with Crippen molar-refractivity contribution in [1.29, 1.82) is 0 Å². The first kappa shape index (κ1) is 120. The number of aliphatic hydroxyl groups is 12. The number of esters is 8. The first-order valence-electron chi connectivity index (χ1n) is 40.2. The number of nitrogens with zero attached hydrogens (tertiary/aromatic N) is 6. The number of carbonyl (C=O) groups is 9. The van der Waals surface area contributed by atoms with Crippen LogP contribution in [0.3, 0.4) is 0 Å². The summed E-state index contributed by atoms with van der Waals surface area (Å²) in [6.07, 6.45) is -24.9. The fourth-order valence-electron chi connectivity index (χ4n) is 13.3. The quantitative estimate of drug-likeness (QED) is 0.00563. The van der Waals surface area contributed by atoms with E-state index in [4.69, 9.17) is 128 Å². The predicted octanol–water partition coefficient (Wildman–Crippen LogP) is -3.58. The van der Waals surface area contributed by atoms with Gasteiger partial charge in [-0.15, -0.1) is 0 Å². The van der Waals surface area contributed by atoms with Crippen LogP contribution in [0.1, 0.15) is 118 Å². The van der Waals surface area contributed by atoms with Gasteiger partial charge in [0.2, 0.25) is 12.2 Å². The normalized spacial score (nSPS) is 34.5. The molecule has 0 spiro atoms. The molecule has 0 aromatic carbocycles. The van der Waals surface area contributed by atoms with Gasteiger partial charge in [-0.25, -0.2) is 0 Å². The van der Waals surface area contributed by atoms with Crippen molar-refractivity contribution in [3.8, 4) is 0 Å². The Morgan fingerprint density at radius 3 is 1.09 bits per heavy atom. The smallest absolute Gasteiger partial charge is 0.305 e. The number of rotatable bonds is 34. The summed E-state index contributed by atoms with van der Waals surface area (Å²) in [4.78, 5) is 107. The highest BCUT2D eigenvalue weighted by Gasteiger charge is 2.52. The minimum absolute atomic E-state index is 0. The third kappa shape index (κ3) is 41.3. The standard InChI is InChI=1S/C15H23N3O8.C15H29N3O7.C14H23BrO6.C14H22O7.C8H15N3O6.C8H17NO6.2CH4/c1-8-13(24-10(3)20)12(7-23-9(2)19)26-15(14(8)25-11(4)21)22-6-5-17-18-16;1-17-9-5-7(16)4-8(9)14(23)18-2-3-24-15-13(22)12(21)11(20)10(6-19)25-15;1-8-9(2)13(20-11(4)17)14(18-6-5-15)21-12(8)7-19-10(3)16;1-7-8(2)13(19-10(4)16)14(20-11(5)17)21-12(7)6-18-9(3)15;9-11-10-1-2-16-8-7(15)6(14)5(13)4(3-12)17-8;9-1-2-14-8-7(13)6(12)5(11)4(3-10)15-8;;/h8,12-15H,5-7H2,1-4H3;7-13,15,17,19-22H,2-6,16H2,1H3,(H,18,23);8-9,12-14H,5-7H2,1-4H3;7-8,12-14H,6H2,1-5H3;4-8,12-15H,1-3H2;4-8,10-13H,1-3,9H2;2*1H4/t;7?,8?,9?,10?,11-,12?,13?,15+;;;;;;/m.0....../s1. The van der Waals surface area contributed by atoms with Crippen molar-refractivity contribution in [2.24, 2.45) is 57.2 Å². The number of ether oxygens (including phenoxy) is 19. The van der Waals surface area contributed by atoms with Gasteiger partial charge in [0.15, 0.2) is 49.8 Å². The highest BCUT2D eigenvalue weighted by Crippen LogP contribution is 2.37. The molecule has 0 aromatic rings. The van der Waals surface area contributed by atoms with Crippen LogP contribution in [0.5, 0.6) is 0 Å². The summed E-state index contributed by atoms with van der Waals surface area (Å²) >= 11 is 3.28. The molecular formula is C76H137BrN10O40. The number of amides is 1. The molecule has 1 amide bonds. The summed E-state index contributed by atoms with van der Waals surface area (Å²) in [6, 6.07) is 0.0416. The third-order valence-electron chi connectivity index (χ3n) is 20.2. The Balaban J connectivity index is 0.00000151. The zero-order valence-electron chi connectivity index (χ0n) is 72.3. The van der Waals surface area contributed by atoms with Gasteiger partial charge >= 0.3 is 47.8 Å². The van der Waals surface area contributed by atoms with Crippen molar-refractivity contribution >= 4 is 69.6 Å². The van der Waals surface area contributed by atoms with E-state index in [0.29, 0.717) is 18.4 Å². The summed E-state index contributed by atoms with van der Waals surface area (Å²) in [5.41, 5.74) is 27.4. The number of nitrogens with one attached hydrogen (secondary N) is 2. The van der Waals surface area contributed by atoms with Crippen molar-refractivity contribution in [2.75, 3.05) is 111 Å². The van der Waals surface area contributed by atoms with Gasteiger partial charge < -0.3 is 173 Å². The molecule has 6 aliphatic heterocycles. The van der Waals surface area contributed by atoms with Gasteiger partial charge in [-0.05, 0) is 42.8 Å². The molecule has 6 saturated heterocycles.